The minimum Gasteiger partial charge on any atom is -0.332 e. The lowest BCUT2D eigenvalue weighted by Gasteiger charge is -2.36. The highest BCUT2D eigenvalue weighted by Gasteiger charge is 2.43. The monoisotopic (exact) mass is 270 g/mol. The summed E-state index contributed by atoms with van der Waals surface area (Å²) in [6.07, 6.45) is 5.58. The second kappa shape index (κ2) is 4.04. The summed E-state index contributed by atoms with van der Waals surface area (Å²) in [6, 6.07) is 2.55. The van der Waals surface area contributed by atoms with Crippen molar-refractivity contribution >= 4 is 11.6 Å². The topological polar surface area (TPSA) is 50.5 Å². The van der Waals surface area contributed by atoms with E-state index in [1.807, 2.05) is 30.6 Å². The molecule has 1 amide bonds. The summed E-state index contributed by atoms with van der Waals surface area (Å²) in [5.74, 6) is 0.264. The van der Waals surface area contributed by atoms with Gasteiger partial charge in [0, 0.05) is 36.7 Å². The molecule has 4 rings (SSSR count). The number of rotatable bonds is 1. The van der Waals surface area contributed by atoms with Crippen LogP contribution in [-0.2, 0) is 11.2 Å². The fourth-order valence-electron chi connectivity index (χ4n) is 3.76. The SMILES string of the molecule is CCC(=O)N1[C@H]2CC[C@@H]1c1cnc3cc(C)nn3c1C2. The van der Waals surface area contributed by atoms with Crippen molar-refractivity contribution in [3.63, 3.8) is 0 Å². The number of aryl methyl sites for hydroxylation is 1. The van der Waals surface area contributed by atoms with Crippen LogP contribution >= 0.6 is 0 Å². The fraction of sp³-hybridized carbons (Fsp3) is 0.533. The average Bonchev–Trinajstić information content (AvgIpc) is 2.97. The van der Waals surface area contributed by atoms with Gasteiger partial charge in [-0.15, -0.1) is 0 Å². The van der Waals surface area contributed by atoms with Crippen LogP contribution in [0.3, 0.4) is 0 Å². The van der Waals surface area contributed by atoms with Gasteiger partial charge in [0.05, 0.1) is 17.4 Å². The standard InChI is InChI=1S/C15H18N4O/c1-3-15(20)18-10-4-5-12(18)11-8-16-14-6-9(2)17-19(14)13(11)7-10/h6,8,10,12H,3-5,7H2,1-2H3/t10-,12+/m0/s1. The second-order valence-corrected chi connectivity index (χ2v) is 5.82. The minimum absolute atomic E-state index is 0.206. The number of carbonyl (C=O) groups excluding carboxylic acids is 1. The maximum atomic E-state index is 12.2. The molecule has 5 heteroatoms. The van der Waals surface area contributed by atoms with E-state index < -0.39 is 0 Å². The molecule has 0 N–H and O–H groups in total. The van der Waals surface area contributed by atoms with Gasteiger partial charge in [0.2, 0.25) is 5.91 Å². The van der Waals surface area contributed by atoms with Gasteiger partial charge in [-0.3, -0.25) is 4.79 Å². The number of hydrogen-bond acceptors (Lipinski definition) is 3. The molecule has 20 heavy (non-hydrogen) atoms. The summed E-state index contributed by atoms with van der Waals surface area (Å²) in [6.45, 7) is 3.93. The normalized spacial score (nSPS) is 24.2. The summed E-state index contributed by atoms with van der Waals surface area (Å²) in [5, 5.41) is 4.56. The summed E-state index contributed by atoms with van der Waals surface area (Å²) >= 11 is 0. The minimum atomic E-state index is 0.206. The van der Waals surface area contributed by atoms with Gasteiger partial charge in [0.25, 0.3) is 0 Å². The number of fused-ring (bicyclic) bond motifs is 6. The first-order valence-electron chi connectivity index (χ1n) is 7.34. The van der Waals surface area contributed by atoms with E-state index in [1.165, 1.54) is 11.3 Å². The molecule has 2 atom stereocenters. The van der Waals surface area contributed by atoms with Gasteiger partial charge < -0.3 is 4.90 Å². The van der Waals surface area contributed by atoms with Crippen LogP contribution in [0.25, 0.3) is 5.65 Å². The molecule has 2 aliphatic heterocycles. The van der Waals surface area contributed by atoms with Gasteiger partial charge >= 0.3 is 0 Å². The van der Waals surface area contributed by atoms with Crippen LogP contribution in [0.5, 0.6) is 0 Å². The Morgan fingerprint density at radius 2 is 2.30 bits per heavy atom. The molecule has 5 nitrogen and oxygen atoms in total. The molecule has 0 aliphatic carbocycles. The Kier molecular flexibility index (Phi) is 2.40. The molecule has 0 aromatic carbocycles. The molecule has 1 fully saturated rings. The van der Waals surface area contributed by atoms with Gasteiger partial charge in [-0.1, -0.05) is 6.92 Å². The zero-order valence-corrected chi connectivity index (χ0v) is 11.8. The third-order valence-corrected chi connectivity index (χ3v) is 4.62. The van der Waals surface area contributed by atoms with E-state index in [9.17, 15) is 4.79 Å². The molecule has 2 aliphatic rings. The molecular formula is C15H18N4O. The largest absolute Gasteiger partial charge is 0.332 e. The van der Waals surface area contributed by atoms with Crippen molar-refractivity contribution in [2.24, 2.45) is 0 Å². The first kappa shape index (κ1) is 11.9. The van der Waals surface area contributed by atoms with Crippen molar-refractivity contribution in [2.45, 2.75) is 51.6 Å². The second-order valence-electron chi connectivity index (χ2n) is 5.82. The van der Waals surface area contributed by atoms with Crippen LogP contribution in [0.2, 0.25) is 0 Å². The third kappa shape index (κ3) is 1.46. The Labute approximate surface area is 117 Å². The lowest BCUT2D eigenvalue weighted by Crippen LogP contribution is -2.42. The fourth-order valence-corrected chi connectivity index (χ4v) is 3.76. The van der Waals surface area contributed by atoms with Crippen LogP contribution in [0, 0.1) is 6.92 Å². The lowest BCUT2D eigenvalue weighted by molar-refractivity contribution is -0.134. The molecule has 2 bridgehead atoms. The number of carbonyl (C=O) groups is 1. The van der Waals surface area contributed by atoms with E-state index in [0.717, 1.165) is 30.6 Å². The molecule has 0 unspecified atom stereocenters. The first-order valence-corrected chi connectivity index (χ1v) is 7.34. The van der Waals surface area contributed by atoms with E-state index in [0.29, 0.717) is 12.5 Å². The van der Waals surface area contributed by atoms with Crippen LogP contribution in [-0.4, -0.2) is 31.4 Å². The number of hydrogen-bond donors (Lipinski definition) is 0. The van der Waals surface area contributed by atoms with Crippen LogP contribution in [0.4, 0.5) is 0 Å². The summed E-state index contributed by atoms with van der Waals surface area (Å²) in [7, 11) is 0. The highest BCUT2D eigenvalue weighted by molar-refractivity contribution is 5.77. The summed E-state index contributed by atoms with van der Waals surface area (Å²) in [5.41, 5.74) is 4.34. The summed E-state index contributed by atoms with van der Waals surface area (Å²) < 4.78 is 1.98. The van der Waals surface area contributed by atoms with E-state index >= 15 is 0 Å². The molecule has 0 saturated carbocycles. The van der Waals surface area contributed by atoms with Crippen molar-refractivity contribution < 1.29 is 4.79 Å². The van der Waals surface area contributed by atoms with Gasteiger partial charge in [-0.25, -0.2) is 9.50 Å². The molecule has 0 spiro atoms. The Hall–Kier alpha value is -1.91. The third-order valence-electron chi connectivity index (χ3n) is 4.62. The highest BCUT2D eigenvalue weighted by atomic mass is 16.2. The molecule has 1 saturated heterocycles. The lowest BCUT2D eigenvalue weighted by atomic mass is 9.99. The zero-order valence-electron chi connectivity index (χ0n) is 11.8. The van der Waals surface area contributed by atoms with E-state index in [1.54, 1.807) is 0 Å². The summed E-state index contributed by atoms with van der Waals surface area (Å²) in [4.78, 5) is 18.8. The van der Waals surface area contributed by atoms with Crippen LogP contribution in [0.15, 0.2) is 12.3 Å². The van der Waals surface area contributed by atoms with Gasteiger partial charge in [0.15, 0.2) is 5.65 Å². The number of amides is 1. The zero-order chi connectivity index (χ0) is 13.9. The van der Waals surface area contributed by atoms with Crippen molar-refractivity contribution in [2.75, 3.05) is 0 Å². The van der Waals surface area contributed by atoms with E-state index in [4.69, 9.17) is 0 Å². The quantitative estimate of drug-likeness (QED) is 0.796. The molecule has 0 radical (unpaired) electrons. The maximum absolute atomic E-state index is 12.2. The Morgan fingerprint density at radius 1 is 1.45 bits per heavy atom. The first-order chi connectivity index (χ1) is 9.69. The molecule has 2 aromatic heterocycles. The Morgan fingerprint density at radius 3 is 3.10 bits per heavy atom. The van der Waals surface area contributed by atoms with Gasteiger partial charge in [-0.2, -0.15) is 5.10 Å². The van der Waals surface area contributed by atoms with Crippen LogP contribution < -0.4 is 0 Å². The predicted molar refractivity (Wildman–Crippen MR) is 74.3 cm³/mol. The van der Waals surface area contributed by atoms with Gasteiger partial charge in [0.1, 0.15) is 0 Å². The Bertz CT molecular complexity index is 705. The average molecular weight is 270 g/mol. The van der Waals surface area contributed by atoms with E-state index in [2.05, 4.69) is 15.0 Å². The smallest absolute Gasteiger partial charge is 0.223 e. The van der Waals surface area contributed by atoms with E-state index in [-0.39, 0.29) is 11.9 Å². The Balaban J connectivity index is 1.88. The highest BCUT2D eigenvalue weighted by Crippen LogP contribution is 2.43. The number of aromatic nitrogens is 3. The van der Waals surface area contributed by atoms with Crippen molar-refractivity contribution in [1.82, 2.24) is 19.5 Å². The van der Waals surface area contributed by atoms with Crippen molar-refractivity contribution in [1.29, 1.82) is 0 Å². The molecular weight excluding hydrogens is 252 g/mol. The van der Waals surface area contributed by atoms with Crippen molar-refractivity contribution in [3.8, 4) is 0 Å². The van der Waals surface area contributed by atoms with Gasteiger partial charge in [-0.05, 0) is 19.8 Å². The van der Waals surface area contributed by atoms with Crippen LogP contribution in [0.1, 0.15) is 49.2 Å². The molecule has 2 aromatic rings. The number of nitrogens with zero attached hydrogens (tertiary/aromatic N) is 4. The maximum Gasteiger partial charge on any atom is 0.223 e. The molecule has 104 valence electrons. The molecule has 4 heterocycles. The predicted octanol–water partition coefficient (Wildman–Crippen LogP) is 2.04. The van der Waals surface area contributed by atoms with Crippen molar-refractivity contribution in [3.05, 3.63) is 29.2 Å².